The highest BCUT2D eigenvalue weighted by Gasteiger charge is 2.75. The molecule has 4 fully saturated rings. The number of carbonyl (C=O) groups is 2. The molecule has 5 aliphatic rings. The fraction of sp³-hybridized carbons (Fsp3) is 0.833. The van der Waals surface area contributed by atoms with Gasteiger partial charge in [0.2, 0.25) is 0 Å². The zero-order valence-corrected chi connectivity index (χ0v) is 18.0. The van der Waals surface area contributed by atoms with E-state index in [2.05, 4.69) is 13.8 Å². The van der Waals surface area contributed by atoms with Crippen molar-refractivity contribution in [2.75, 3.05) is 0 Å². The van der Waals surface area contributed by atoms with E-state index in [9.17, 15) is 9.59 Å². The molecule has 1 heterocycles. The lowest BCUT2D eigenvalue weighted by Gasteiger charge is -2.59. The molecule has 0 bridgehead atoms. The molecule has 4 nitrogen and oxygen atoms in total. The molecule has 0 amide bonds. The van der Waals surface area contributed by atoms with Gasteiger partial charge < -0.3 is 9.47 Å². The van der Waals surface area contributed by atoms with Crippen molar-refractivity contribution >= 4 is 11.6 Å². The van der Waals surface area contributed by atoms with Crippen LogP contribution in [0.15, 0.2) is 11.6 Å². The Morgan fingerprint density at radius 1 is 1.07 bits per heavy atom. The monoisotopic (exact) mass is 386 g/mol. The van der Waals surface area contributed by atoms with E-state index in [1.807, 2.05) is 19.9 Å². The summed E-state index contributed by atoms with van der Waals surface area (Å²) in [6.45, 7) is 10.3. The Balaban J connectivity index is 1.54. The largest absolute Gasteiger partial charge is 0.344 e. The first-order valence-electron chi connectivity index (χ1n) is 11.2. The van der Waals surface area contributed by atoms with Crippen molar-refractivity contribution in [3.63, 3.8) is 0 Å². The number of allylic oxidation sites excluding steroid dienone is 1. The van der Waals surface area contributed by atoms with Gasteiger partial charge in [0.1, 0.15) is 0 Å². The summed E-state index contributed by atoms with van der Waals surface area (Å²) in [6.07, 6.45) is 8.71. The van der Waals surface area contributed by atoms with Gasteiger partial charge in [-0.1, -0.05) is 19.4 Å². The van der Waals surface area contributed by atoms with Crippen molar-refractivity contribution in [2.24, 2.45) is 28.6 Å². The van der Waals surface area contributed by atoms with E-state index < -0.39 is 11.4 Å². The Kier molecular flexibility index (Phi) is 3.78. The molecule has 4 aliphatic carbocycles. The van der Waals surface area contributed by atoms with Crippen LogP contribution in [0, 0.1) is 28.6 Å². The third-order valence-corrected chi connectivity index (χ3v) is 9.48. The van der Waals surface area contributed by atoms with E-state index in [4.69, 9.17) is 9.47 Å². The molecule has 3 saturated carbocycles. The van der Waals surface area contributed by atoms with Gasteiger partial charge in [-0.3, -0.25) is 9.59 Å². The number of ketones is 2. The molecule has 0 spiro atoms. The number of hydrogen-bond acceptors (Lipinski definition) is 4. The summed E-state index contributed by atoms with van der Waals surface area (Å²) in [6, 6.07) is 0. The lowest BCUT2D eigenvalue weighted by Crippen LogP contribution is -2.59. The second kappa shape index (κ2) is 5.57. The Morgan fingerprint density at radius 3 is 2.54 bits per heavy atom. The molecule has 0 N–H and O–H groups in total. The molecule has 0 aromatic heterocycles. The number of carbonyl (C=O) groups excluding carboxylic acids is 2. The molecule has 1 aliphatic heterocycles. The van der Waals surface area contributed by atoms with Gasteiger partial charge in [0.25, 0.3) is 0 Å². The van der Waals surface area contributed by atoms with E-state index in [1.165, 1.54) is 5.57 Å². The van der Waals surface area contributed by atoms with Crippen LogP contribution in [0.3, 0.4) is 0 Å². The quantitative estimate of drug-likeness (QED) is 0.660. The minimum atomic E-state index is -0.800. The molecule has 5 rings (SSSR count). The third-order valence-electron chi connectivity index (χ3n) is 9.48. The molecular weight excluding hydrogens is 352 g/mol. The Morgan fingerprint density at radius 2 is 1.82 bits per heavy atom. The zero-order chi connectivity index (χ0) is 20.1. The average Bonchev–Trinajstić information content (AvgIpc) is 3.02. The fourth-order valence-corrected chi connectivity index (χ4v) is 8.31. The van der Waals surface area contributed by atoms with Crippen molar-refractivity contribution in [3.05, 3.63) is 11.6 Å². The van der Waals surface area contributed by atoms with Crippen LogP contribution in [0.4, 0.5) is 0 Å². The minimum Gasteiger partial charge on any atom is -0.344 e. The van der Waals surface area contributed by atoms with Gasteiger partial charge in [-0.2, -0.15) is 0 Å². The zero-order valence-electron chi connectivity index (χ0n) is 18.0. The van der Waals surface area contributed by atoms with Crippen LogP contribution in [-0.4, -0.2) is 29.1 Å². The topological polar surface area (TPSA) is 52.6 Å². The lowest BCUT2D eigenvalue weighted by atomic mass is 9.46. The molecule has 0 aromatic rings. The average molecular weight is 387 g/mol. The summed E-state index contributed by atoms with van der Waals surface area (Å²) in [5.41, 5.74) is 0.577. The fourth-order valence-electron chi connectivity index (χ4n) is 8.31. The van der Waals surface area contributed by atoms with Crippen LogP contribution in [0.1, 0.15) is 79.6 Å². The normalized spacial score (nSPS) is 51.6. The van der Waals surface area contributed by atoms with E-state index in [-0.39, 0.29) is 22.7 Å². The smallest absolute Gasteiger partial charge is 0.164 e. The van der Waals surface area contributed by atoms with Crippen LogP contribution >= 0.6 is 0 Å². The standard InChI is InChI=1S/C24H34O4/c1-14(25)24-20(27-21(2,3)28-24)13-19-17-7-6-15-12-16(26)8-10-22(15,4)18(17)9-11-23(19,24)5/h12,17-20H,6-11,13H2,1-5H3/t17-,18+,19+,20-,22+,23+,24-/m1/s1. The summed E-state index contributed by atoms with van der Waals surface area (Å²) in [4.78, 5) is 25.1. The first-order chi connectivity index (χ1) is 13.0. The molecular formula is C24H34O4. The van der Waals surface area contributed by atoms with E-state index in [0.717, 1.165) is 38.5 Å². The van der Waals surface area contributed by atoms with Crippen LogP contribution in [-0.2, 0) is 19.1 Å². The first kappa shape index (κ1) is 19.0. The molecule has 0 radical (unpaired) electrons. The molecule has 7 atom stereocenters. The van der Waals surface area contributed by atoms with Crippen molar-refractivity contribution in [1.82, 2.24) is 0 Å². The van der Waals surface area contributed by atoms with Gasteiger partial charge in [-0.15, -0.1) is 0 Å². The molecule has 154 valence electrons. The van der Waals surface area contributed by atoms with Gasteiger partial charge in [0, 0.05) is 11.8 Å². The summed E-state index contributed by atoms with van der Waals surface area (Å²) in [5.74, 6) is 1.39. The Hall–Kier alpha value is -1.00. The van der Waals surface area contributed by atoms with E-state index in [1.54, 1.807) is 6.92 Å². The summed E-state index contributed by atoms with van der Waals surface area (Å²) in [5, 5.41) is 0. The Bertz CT molecular complexity index is 781. The summed E-state index contributed by atoms with van der Waals surface area (Å²) in [7, 11) is 0. The molecule has 1 saturated heterocycles. The lowest BCUT2D eigenvalue weighted by molar-refractivity contribution is -0.214. The van der Waals surface area contributed by atoms with Crippen LogP contribution in [0.2, 0.25) is 0 Å². The number of hydrogen-bond donors (Lipinski definition) is 0. The Labute approximate surface area is 168 Å². The maximum Gasteiger partial charge on any atom is 0.164 e. The number of rotatable bonds is 1. The number of fused-ring (bicyclic) bond motifs is 7. The van der Waals surface area contributed by atoms with E-state index in [0.29, 0.717) is 30.0 Å². The third kappa shape index (κ3) is 2.14. The molecule has 0 unspecified atom stereocenters. The predicted molar refractivity (Wildman–Crippen MR) is 106 cm³/mol. The second-order valence-electron chi connectivity index (χ2n) is 11.1. The van der Waals surface area contributed by atoms with Crippen molar-refractivity contribution in [3.8, 4) is 0 Å². The van der Waals surface area contributed by atoms with Gasteiger partial charge in [0.05, 0.1) is 6.10 Å². The van der Waals surface area contributed by atoms with Gasteiger partial charge in [-0.25, -0.2) is 0 Å². The number of Topliss-reactive ketones (excluding diaryl/α,β-unsaturated/α-hetero) is 1. The van der Waals surface area contributed by atoms with Crippen molar-refractivity contribution in [2.45, 2.75) is 97.1 Å². The highest BCUT2D eigenvalue weighted by Crippen LogP contribution is 2.70. The van der Waals surface area contributed by atoms with E-state index >= 15 is 0 Å². The first-order valence-corrected chi connectivity index (χ1v) is 11.2. The minimum absolute atomic E-state index is 0.133. The van der Waals surface area contributed by atoms with Crippen LogP contribution < -0.4 is 0 Å². The van der Waals surface area contributed by atoms with Crippen LogP contribution in [0.25, 0.3) is 0 Å². The highest BCUT2D eigenvalue weighted by molar-refractivity contribution is 5.91. The van der Waals surface area contributed by atoms with Crippen molar-refractivity contribution in [1.29, 1.82) is 0 Å². The van der Waals surface area contributed by atoms with Crippen LogP contribution in [0.5, 0.6) is 0 Å². The predicted octanol–water partition coefficient (Wildman–Crippen LogP) is 4.61. The van der Waals surface area contributed by atoms with Gasteiger partial charge in [0.15, 0.2) is 23.0 Å². The second-order valence-corrected chi connectivity index (χ2v) is 11.1. The molecule has 28 heavy (non-hydrogen) atoms. The summed E-state index contributed by atoms with van der Waals surface area (Å²) < 4.78 is 12.8. The van der Waals surface area contributed by atoms with Gasteiger partial charge in [-0.05, 0) is 88.5 Å². The maximum atomic E-state index is 13.0. The molecule has 4 heteroatoms. The number of ether oxygens (including phenoxy) is 2. The SMILES string of the molecule is CC(=O)[C@@]12OC(C)(C)O[C@@H]1C[C@H]1[C@@H]3CCC4=CC(=O)CC[C@]4(C)[C@H]3CC[C@@]12C. The maximum absolute atomic E-state index is 13.0. The molecule has 0 aromatic carbocycles. The summed E-state index contributed by atoms with van der Waals surface area (Å²) >= 11 is 0. The van der Waals surface area contributed by atoms with Gasteiger partial charge >= 0.3 is 0 Å². The highest BCUT2D eigenvalue weighted by atomic mass is 16.8. The van der Waals surface area contributed by atoms with Crippen molar-refractivity contribution < 1.29 is 19.1 Å².